The van der Waals surface area contributed by atoms with E-state index < -0.39 is 12.0 Å². The van der Waals surface area contributed by atoms with Crippen molar-refractivity contribution in [2.45, 2.75) is 19.4 Å². The third-order valence-corrected chi connectivity index (χ3v) is 1.78. The summed E-state index contributed by atoms with van der Waals surface area (Å²) in [5.74, 6) is -0.736. The monoisotopic (exact) mass is 204 g/mol. The molecule has 0 radical (unpaired) electrons. The van der Waals surface area contributed by atoms with Gasteiger partial charge in [-0.25, -0.2) is 4.79 Å². The van der Waals surface area contributed by atoms with Crippen molar-refractivity contribution in [3.05, 3.63) is 5.21 Å². The van der Waals surface area contributed by atoms with E-state index in [1.54, 1.807) is 0 Å². The van der Waals surface area contributed by atoms with Crippen LogP contribution in [0.4, 0.5) is 0 Å². The second kappa shape index (κ2) is 6.33. The lowest BCUT2D eigenvalue weighted by atomic mass is 10.2. The SMILES string of the molecule is COC(=O)C(CCNC(C)=O)[NH+](C)[O-]. The molecule has 0 saturated carbocycles. The van der Waals surface area contributed by atoms with E-state index in [4.69, 9.17) is 0 Å². The lowest BCUT2D eigenvalue weighted by Crippen LogP contribution is -3.09. The molecule has 0 aromatic rings. The Bertz CT molecular complexity index is 206. The molecule has 2 unspecified atom stereocenters. The van der Waals surface area contributed by atoms with Gasteiger partial charge in [-0.15, -0.1) is 0 Å². The van der Waals surface area contributed by atoms with E-state index >= 15 is 0 Å². The molecule has 0 spiro atoms. The number of esters is 1. The molecule has 82 valence electrons. The van der Waals surface area contributed by atoms with Gasteiger partial charge in [0.05, 0.1) is 14.2 Å². The Hall–Kier alpha value is -1.14. The van der Waals surface area contributed by atoms with E-state index in [0.29, 0.717) is 6.54 Å². The molecule has 2 atom stereocenters. The first-order valence-electron chi connectivity index (χ1n) is 4.31. The number of likely N-dealkylation sites (N-methyl/N-ethyl adjacent to an activating group) is 1. The fraction of sp³-hybridized carbons (Fsp3) is 0.750. The van der Waals surface area contributed by atoms with Crippen LogP contribution in [0.2, 0.25) is 0 Å². The van der Waals surface area contributed by atoms with Crippen LogP contribution in [0, 0.1) is 5.21 Å². The number of amides is 1. The van der Waals surface area contributed by atoms with Gasteiger partial charge in [0.25, 0.3) is 0 Å². The predicted octanol–water partition coefficient (Wildman–Crippen LogP) is -1.93. The maximum atomic E-state index is 11.1. The normalized spacial score (nSPS) is 14.3. The van der Waals surface area contributed by atoms with Crippen molar-refractivity contribution in [1.29, 1.82) is 0 Å². The fourth-order valence-electron chi connectivity index (χ4n) is 1.02. The summed E-state index contributed by atoms with van der Waals surface area (Å²) in [6, 6.07) is -0.771. The van der Waals surface area contributed by atoms with E-state index in [9.17, 15) is 14.8 Å². The van der Waals surface area contributed by atoms with Gasteiger partial charge in [-0.1, -0.05) is 0 Å². The molecule has 0 rings (SSSR count). The number of nitrogens with one attached hydrogen (secondary N) is 2. The number of rotatable bonds is 5. The molecule has 0 saturated heterocycles. The van der Waals surface area contributed by atoms with E-state index in [0.717, 1.165) is 0 Å². The quantitative estimate of drug-likeness (QED) is 0.403. The summed E-state index contributed by atoms with van der Waals surface area (Å²) >= 11 is 0. The van der Waals surface area contributed by atoms with Gasteiger partial charge in [0, 0.05) is 19.9 Å². The summed E-state index contributed by atoms with van der Waals surface area (Å²) in [4.78, 5) is 21.6. The van der Waals surface area contributed by atoms with Crippen molar-refractivity contribution in [2.75, 3.05) is 20.7 Å². The molecule has 0 aliphatic rings. The Labute approximate surface area is 82.8 Å². The second-order valence-corrected chi connectivity index (χ2v) is 2.96. The number of hydrogen-bond acceptors (Lipinski definition) is 4. The molecule has 2 N–H and O–H groups in total. The lowest BCUT2D eigenvalue weighted by molar-refractivity contribution is -0.845. The van der Waals surface area contributed by atoms with E-state index in [1.165, 1.54) is 21.1 Å². The number of carbonyl (C=O) groups is 2. The number of hydrogen-bond donors (Lipinski definition) is 2. The molecule has 0 aliphatic carbocycles. The Kier molecular flexibility index (Phi) is 5.82. The van der Waals surface area contributed by atoms with Gasteiger partial charge in [-0.05, 0) is 0 Å². The molecule has 14 heavy (non-hydrogen) atoms. The van der Waals surface area contributed by atoms with Crippen molar-refractivity contribution in [3.63, 3.8) is 0 Å². The molecule has 6 heteroatoms. The molecule has 0 heterocycles. The number of hydroxylamine groups is 2. The van der Waals surface area contributed by atoms with E-state index in [2.05, 4.69) is 10.1 Å². The fourth-order valence-corrected chi connectivity index (χ4v) is 1.02. The van der Waals surface area contributed by atoms with Crippen molar-refractivity contribution < 1.29 is 19.4 Å². The van der Waals surface area contributed by atoms with Gasteiger partial charge in [-0.3, -0.25) is 4.79 Å². The highest BCUT2D eigenvalue weighted by molar-refractivity contribution is 5.74. The van der Waals surface area contributed by atoms with Gasteiger partial charge in [-0.2, -0.15) is 0 Å². The molecule has 0 aliphatic heterocycles. The summed E-state index contributed by atoms with van der Waals surface area (Å²) < 4.78 is 4.46. The van der Waals surface area contributed by atoms with Crippen molar-refractivity contribution in [1.82, 2.24) is 5.32 Å². The number of carbonyl (C=O) groups excluding carboxylic acids is 2. The number of quaternary nitrogens is 1. The molecule has 0 bridgehead atoms. The van der Waals surface area contributed by atoms with Gasteiger partial charge in [0.15, 0.2) is 6.04 Å². The average molecular weight is 204 g/mol. The lowest BCUT2D eigenvalue weighted by Gasteiger charge is -2.25. The van der Waals surface area contributed by atoms with E-state index in [-0.39, 0.29) is 17.4 Å². The third-order valence-electron chi connectivity index (χ3n) is 1.78. The molecular weight excluding hydrogens is 188 g/mol. The van der Waals surface area contributed by atoms with Gasteiger partial charge >= 0.3 is 5.97 Å². The molecule has 1 amide bonds. The summed E-state index contributed by atoms with van der Waals surface area (Å²) in [7, 11) is 2.56. The summed E-state index contributed by atoms with van der Waals surface area (Å²) in [5.41, 5.74) is 0. The van der Waals surface area contributed by atoms with Crippen LogP contribution < -0.4 is 10.4 Å². The minimum atomic E-state index is -0.771. The smallest absolute Gasteiger partial charge is 0.364 e. The van der Waals surface area contributed by atoms with E-state index in [1.807, 2.05) is 0 Å². The third kappa shape index (κ3) is 4.78. The highest BCUT2D eigenvalue weighted by Crippen LogP contribution is 1.89. The Morgan fingerprint density at radius 2 is 2.14 bits per heavy atom. The largest absolute Gasteiger partial charge is 0.634 e. The zero-order valence-electron chi connectivity index (χ0n) is 8.62. The molecule has 0 aromatic heterocycles. The van der Waals surface area contributed by atoms with Crippen molar-refractivity contribution in [3.8, 4) is 0 Å². The number of methoxy groups -OCH3 is 1. The highest BCUT2D eigenvalue weighted by atomic mass is 16.5. The topological polar surface area (TPSA) is 82.9 Å². The van der Waals surface area contributed by atoms with Gasteiger partial charge in [0.2, 0.25) is 5.91 Å². The minimum absolute atomic E-state index is 0.183. The Morgan fingerprint density at radius 3 is 2.50 bits per heavy atom. The summed E-state index contributed by atoms with van der Waals surface area (Å²) in [6.45, 7) is 1.68. The van der Waals surface area contributed by atoms with Crippen LogP contribution in [0.3, 0.4) is 0 Å². The maximum Gasteiger partial charge on any atom is 0.364 e. The molecular formula is C8H16N2O4. The standard InChI is InChI=1S/C8H16N2O4/c1-6(11)9-5-4-7(10(2)13)8(12)14-3/h7,10H,4-5H2,1-3H3,(H,9,11). The highest BCUT2D eigenvalue weighted by Gasteiger charge is 2.22. The first-order valence-corrected chi connectivity index (χ1v) is 4.31. The maximum absolute atomic E-state index is 11.1. The first-order chi connectivity index (χ1) is 6.49. The Morgan fingerprint density at radius 1 is 1.57 bits per heavy atom. The summed E-state index contributed by atoms with van der Waals surface area (Å²) in [6.07, 6.45) is 0.279. The van der Waals surface area contributed by atoms with Crippen molar-refractivity contribution in [2.24, 2.45) is 0 Å². The summed E-state index contributed by atoms with van der Waals surface area (Å²) in [5, 5.41) is 13.3. The van der Waals surface area contributed by atoms with Crippen LogP contribution in [0.1, 0.15) is 13.3 Å². The van der Waals surface area contributed by atoms with Crippen LogP contribution in [0.5, 0.6) is 0 Å². The molecule has 0 aromatic carbocycles. The van der Waals surface area contributed by atoms with Gasteiger partial charge < -0.3 is 20.3 Å². The zero-order chi connectivity index (χ0) is 11.1. The molecule has 6 nitrogen and oxygen atoms in total. The van der Waals surface area contributed by atoms with Crippen molar-refractivity contribution >= 4 is 11.9 Å². The van der Waals surface area contributed by atoms with Crippen LogP contribution >= 0.6 is 0 Å². The first kappa shape index (κ1) is 12.9. The van der Waals surface area contributed by atoms with Crippen LogP contribution in [0.15, 0.2) is 0 Å². The predicted molar refractivity (Wildman–Crippen MR) is 49.4 cm³/mol. The van der Waals surface area contributed by atoms with Crippen LogP contribution in [-0.2, 0) is 14.3 Å². The minimum Gasteiger partial charge on any atom is -0.634 e. The Balaban J connectivity index is 3.98. The van der Waals surface area contributed by atoms with Crippen LogP contribution in [-0.4, -0.2) is 38.6 Å². The van der Waals surface area contributed by atoms with Gasteiger partial charge in [0.1, 0.15) is 0 Å². The zero-order valence-corrected chi connectivity index (χ0v) is 8.62. The second-order valence-electron chi connectivity index (χ2n) is 2.96. The number of ether oxygens (including phenoxy) is 1. The van der Waals surface area contributed by atoms with Crippen LogP contribution in [0.25, 0.3) is 0 Å². The molecule has 0 fully saturated rings. The average Bonchev–Trinajstić information content (AvgIpc) is 2.10.